The lowest BCUT2D eigenvalue weighted by atomic mass is 10.2. The fourth-order valence-electron chi connectivity index (χ4n) is 2.90. The number of anilines is 1. The van der Waals surface area contributed by atoms with Gasteiger partial charge in [-0.2, -0.15) is 0 Å². The molecule has 0 radical (unpaired) electrons. The topological polar surface area (TPSA) is 80.8 Å². The quantitative estimate of drug-likeness (QED) is 0.768. The third-order valence-electron chi connectivity index (χ3n) is 4.30. The van der Waals surface area contributed by atoms with Crippen molar-refractivity contribution in [1.29, 1.82) is 0 Å². The third-order valence-corrected chi connectivity index (χ3v) is 5.43. The number of carbonyl (C=O) groups excluding carboxylic acids is 2. The molecule has 2 aromatic rings. The summed E-state index contributed by atoms with van der Waals surface area (Å²) >= 11 is 0. The summed E-state index contributed by atoms with van der Waals surface area (Å²) < 4.78 is 28.2. The fraction of sp³-hybridized carbons (Fsp3) is 0.263. The van der Waals surface area contributed by atoms with E-state index in [1.165, 1.54) is 31.2 Å². The average Bonchev–Trinajstić information content (AvgIpc) is 3.04. The highest BCUT2D eigenvalue weighted by Gasteiger charge is 2.30. The molecular weight excluding hydrogens is 354 g/mol. The van der Waals surface area contributed by atoms with Gasteiger partial charge in [0.2, 0.25) is 0 Å². The maximum Gasteiger partial charge on any atom is 0.338 e. The summed E-state index contributed by atoms with van der Waals surface area (Å²) in [6.45, 7) is 2.09. The lowest BCUT2D eigenvalue weighted by Gasteiger charge is -2.21. The van der Waals surface area contributed by atoms with E-state index in [-0.39, 0.29) is 16.4 Å². The zero-order valence-corrected chi connectivity index (χ0v) is 15.3. The molecule has 2 aromatic carbocycles. The molecule has 1 aliphatic heterocycles. The number of sulfone groups is 1. The van der Waals surface area contributed by atoms with E-state index in [0.717, 1.165) is 23.9 Å². The first-order valence-corrected chi connectivity index (χ1v) is 10.1. The van der Waals surface area contributed by atoms with Crippen LogP contribution in [0.4, 0.5) is 5.69 Å². The fourth-order valence-corrected chi connectivity index (χ4v) is 3.53. The van der Waals surface area contributed by atoms with E-state index in [2.05, 4.69) is 0 Å². The van der Waals surface area contributed by atoms with Crippen LogP contribution < -0.4 is 4.90 Å². The monoisotopic (exact) mass is 373 g/mol. The van der Waals surface area contributed by atoms with Gasteiger partial charge in [0, 0.05) is 18.5 Å². The molecule has 1 amide bonds. The number of ether oxygens (including phenoxy) is 1. The molecule has 0 fully saturated rings. The Labute approximate surface area is 152 Å². The van der Waals surface area contributed by atoms with Gasteiger partial charge in [0.05, 0.1) is 10.5 Å². The molecule has 0 bridgehead atoms. The van der Waals surface area contributed by atoms with E-state index in [0.29, 0.717) is 6.54 Å². The number of para-hydroxylation sites is 1. The highest BCUT2D eigenvalue weighted by atomic mass is 32.2. The summed E-state index contributed by atoms with van der Waals surface area (Å²) in [5.41, 5.74) is 2.13. The number of esters is 1. The molecule has 0 aromatic heterocycles. The second kappa shape index (κ2) is 6.92. The van der Waals surface area contributed by atoms with Crippen LogP contribution in [0.3, 0.4) is 0 Å². The Bertz CT molecular complexity index is 950. The molecule has 7 heteroatoms. The summed E-state index contributed by atoms with van der Waals surface area (Å²) in [7, 11) is -3.33. The molecule has 0 N–H and O–H groups in total. The molecule has 1 aliphatic rings. The highest BCUT2D eigenvalue weighted by molar-refractivity contribution is 7.90. The van der Waals surface area contributed by atoms with Crippen LogP contribution in [0.25, 0.3) is 0 Å². The van der Waals surface area contributed by atoms with E-state index in [1.54, 1.807) is 4.90 Å². The Morgan fingerprint density at radius 2 is 1.73 bits per heavy atom. The van der Waals surface area contributed by atoms with Gasteiger partial charge in [-0.15, -0.1) is 0 Å². The van der Waals surface area contributed by atoms with Crippen molar-refractivity contribution in [3.8, 4) is 0 Å². The third kappa shape index (κ3) is 3.62. The van der Waals surface area contributed by atoms with Gasteiger partial charge < -0.3 is 9.64 Å². The van der Waals surface area contributed by atoms with Crippen LogP contribution >= 0.6 is 0 Å². The number of hydrogen-bond donors (Lipinski definition) is 0. The van der Waals surface area contributed by atoms with Crippen molar-refractivity contribution in [2.45, 2.75) is 24.3 Å². The molecule has 0 aliphatic carbocycles. The zero-order chi connectivity index (χ0) is 18.9. The van der Waals surface area contributed by atoms with Gasteiger partial charge >= 0.3 is 5.97 Å². The van der Waals surface area contributed by atoms with Crippen molar-refractivity contribution in [1.82, 2.24) is 0 Å². The van der Waals surface area contributed by atoms with E-state index in [9.17, 15) is 18.0 Å². The lowest BCUT2D eigenvalue weighted by molar-refractivity contribution is -0.126. The number of hydrogen-bond acceptors (Lipinski definition) is 5. The van der Waals surface area contributed by atoms with Crippen LogP contribution in [0.2, 0.25) is 0 Å². The van der Waals surface area contributed by atoms with E-state index in [4.69, 9.17) is 4.74 Å². The summed E-state index contributed by atoms with van der Waals surface area (Å²) in [5.74, 6) is -0.950. The molecule has 0 spiro atoms. The van der Waals surface area contributed by atoms with Gasteiger partial charge in [-0.1, -0.05) is 18.2 Å². The van der Waals surface area contributed by atoms with Gasteiger partial charge in [0.25, 0.3) is 5.91 Å². The van der Waals surface area contributed by atoms with Crippen LogP contribution in [-0.4, -0.2) is 39.2 Å². The van der Waals surface area contributed by atoms with E-state index in [1.807, 2.05) is 24.3 Å². The maximum atomic E-state index is 12.6. The molecule has 1 heterocycles. The van der Waals surface area contributed by atoms with Crippen LogP contribution in [0.5, 0.6) is 0 Å². The van der Waals surface area contributed by atoms with Gasteiger partial charge in [-0.3, -0.25) is 4.79 Å². The molecule has 136 valence electrons. The second-order valence-electron chi connectivity index (χ2n) is 6.21. The Balaban J connectivity index is 1.69. The SMILES string of the molecule is CC(OC(=O)c1ccc(S(C)(=O)=O)cc1)C(=O)N1CCc2ccccc21. The van der Waals surface area contributed by atoms with Gasteiger partial charge in [-0.05, 0) is 49.2 Å². The molecule has 1 atom stereocenters. The predicted octanol–water partition coefficient (Wildman–Crippen LogP) is 2.22. The number of nitrogens with zero attached hydrogens (tertiary/aromatic N) is 1. The van der Waals surface area contributed by atoms with Crippen LogP contribution in [-0.2, 0) is 25.8 Å². The van der Waals surface area contributed by atoms with Gasteiger partial charge in [0.15, 0.2) is 15.9 Å². The van der Waals surface area contributed by atoms with Crippen molar-refractivity contribution in [2.75, 3.05) is 17.7 Å². The maximum absolute atomic E-state index is 12.6. The molecular formula is C19H19NO5S. The molecule has 6 nitrogen and oxygen atoms in total. The molecule has 26 heavy (non-hydrogen) atoms. The Morgan fingerprint density at radius 1 is 1.08 bits per heavy atom. The van der Waals surface area contributed by atoms with Crippen LogP contribution in [0.15, 0.2) is 53.4 Å². The number of carbonyl (C=O) groups is 2. The summed E-state index contributed by atoms with van der Waals surface area (Å²) in [5, 5.41) is 0. The number of fused-ring (bicyclic) bond motifs is 1. The Kier molecular flexibility index (Phi) is 4.82. The van der Waals surface area contributed by atoms with Crippen LogP contribution in [0.1, 0.15) is 22.8 Å². The van der Waals surface area contributed by atoms with Gasteiger partial charge in [-0.25, -0.2) is 13.2 Å². The first kappa shape index (κ1) is 18.1. The van der Waals surface area contributed by atoms with Gasteiger partial charge in [0.1, 0.15) is 0 Å². The minimum atomic E-state index is -3.33. The Hall–Kier alpha value is -2.67. The van der Waals surface area contributed by atoms with Crippen molar-refractivity contribution >= 4 is 27.4 Å². The predicted molar refractivity (Wildman–Crippen MR) is 96.9 cm³/mol. The largest absolute Gasteiger partial charge is 0.449 e. The molecule has 0 saturated carbocycles. The lowest BCUT2D eigenvalue weighted by Crippen LogP contribution is -2.39. The van der Waals surface area contributed by atoms with Crippen molar-refractivity contribution < 1.29 is 22.7 Å². The van der Waals surface area contributed by atoms with Crippen molar-refractivity contribution in [3.05, 3.63) is 59.7 Å². The first-order valence-electron chi connectivity index (χ1n) is 8.18. The first-order chi connectivity index (χ1) is 12.3. The standard InChI is InChI=1S/C19H19NO5S/c1-13(18(21)20-12-11-14-5-3-4-6-17(14)20)25-19(22)15-7-9-16(10-8-15)26(2,23)24/h3-10,13H,11-12H2,1-2H3. The zero-order valence-electron chi connectivity index (χ0n) is 14.5. The van der Waals surface area contributed by atoms with Crippen molar-refractivity contribution in [2.24, 2.45) is 0 Å². The summed E-state index contributed by atoms with van der Waals surface area (Å²) in [6, 6.07) is 13.1. The molecule has 3 rings (SSSR count). The minimum Gasteiger partial charge on any atom is -0.449 e. The minimum absolute atomic E-state index is 0.117. The summed E-state index contributed by atoms with van der Waals surface area (Å²) in [4.78, 5) is 26.6. The average molecular weight is 373 g/mol. The van der Waals surface area contributed by atoms with Crippen LogP contribution in [0, 0.1) is 0 Å². The summed E-state index contributed by atoms with van der Waals surface area (Å²) in [6.07, 6.45) is 0.924. The number of benzene rings is 2. The normalized spacial score (nSPS) is 14.6. The van der Waals surface area contributed by atoms with E-state index < -0.39 is 21.9 Å². The smallest absolute Gasteiger partial charge is 0.338 e. The van der Waals surface area contributed by atoms with Crippen molar-refractivity contribution in [3.63, 3.8) is 0 Å². The van der Waals surface area contributed by atoms with E-state index >= 15 is 0 Å². The number of rotatable bonds is 4. The Morgan fingerprint density at radius 3 is 2.38 bits per heavy atom. The molecule has 1 unspecified atom stereocenters. The second-order valence-corrected chi connectivity index (χ2v) is 8.23. The highest BCUT2D eigenvalue weighted by Crippen LogP contribution is 2.28. The number of amides is 1. The molecule has 0 saturated heterocycles.